The average Bonchev–Trinajstić information content (AvgIpc) is 3.07. The van der Waals surface area contributed by atoms with Crippen molar-refractivity contribution in [3.8, 4) is 16.9 Å². The average molecular weight is 630 g/mol. The van der Waals surface area contributed by atoms with E-state index < -0.39 is 61.0 Å². The monoisotopic (exact) mass is 629 g/mol. The summed E-state index contributed by atoms with van der Waals surface area (Å²) in [6.07, 6.45) is -6.98. The van der Waals surface area contributed by atoms with Crippen LogP contribution in [0.25, 0.3) is 11.1 Å². The second kappa shape index (κ2) is 13.3. The van der Waals surface area contributed by atoms with E-state index in [-0.39, 0.29) is 17.3 Å². The lowest BCUT2D eigenvalue weighted by Crippen LogP contribution is -2.55. The number of rotatable bonds is 9. The number of para-hydroxylation sites is 1. The number of halogens is 1. The number of aliphatic hydroxyl groups is 5. The van der Waals surface area contributed by atoms with Crippen molar-refractivity contribution >= 4 is 11.6 Å². The number of β-lactam (4-membered cyclic amide) rings is 1. The van der Waals surface area contributed by atoms with Crippen molar-refractivity contribution < 1.29 is 44.6 Å². The zero-order chi connectivity index (χ0) is 32.5. The zero-order valence-corrected chi connectivity index (χ0v) is 24.8. The number of anilines is 1. The summed E-state index contributed by atoms with van der Waals surface area (Å²) in [7, 11) is 0. The summed E-state index contributed by atoms with van der Waals surface area (Å²) in [6, 6.07) is 26.2. The Morgan fingerprint density at radius 2 is 1.52 bits per heavy atom. The minimum atomic E-state index is -1.57. The van der Waals surface area contributed by atoms with E-state index in [0.29, 0.717) is 35.1 Å². The molecule has 4 aromatic carbocycles. The van der Waals surface area contributed by atoms with Gasteiger partial charge in [-0.05, 0) is 53.3 Å². The van der Waals surface area contributed by atoms with Crippen LogP contribution in [0.15, 0.2) is 97.1 Å². The number of phenolic OH excluding ortho intramolecular Hbond substituents is 1. The minimum Gasteiger partial charge on any atom is -0.507 e. The first-order chi connectivity index (χ1) is 22.2. The quantitative estimate of drug-likeness (QED) is 0.153. The second-order valence-corrected chi connectivity index (χ2v) is 11.8. The summed E-state index contributed by atoms with van der Waals surface area (Å²) in [4.78, 5) is 14.9. The highest BCUT2D eigenvalue weighted by atomic mass is 19.1. The summed E-state index contributed by atoms with van der Waals surface area (Å²) in [5.41, 5.74) is 2.69. The molecule has 6 N–H and O–H groups in total. The number of carbonyl (C=O) groups excluding carboxylic acids is 1. The van der Waals surface area contributed by atoms with Crippen molar-refractivity contribution in [2.24, 2.45) is 5.92 Å². The summed E-state index contributed by atoms with van der Waals surface area (Å²) in [5.74, 6) is -1.57. The number of phenols is 1. The number of carbonyl (C=O) groups is 1. The SMILES string of the molecule is O=C1[C@H](CC[C@H](O)c2ccccc2)[C@@H](c2ccc(-c3ccccc3[C@@H]3O[C@H](CO)[C@@H](O)[C@H](O)[C@H]3O)c(O)c2)N1c1ccccc1F. The van der Waals surface area contributed by atoms with E-state index in [1.807, 2.05) is 30.3 Å². The fourth-order valence-electron chi connectivity index (χ4n) is 6.62. The van der Waals surface area contributed by atoms with Crippen LogP contribution in [0.2, 0.25) is 0 Å². The van der Waals surface area contributed by atoms with Gasteiger partial charge in [0, 0.05) is 5.56 Å². The van der Waals surface area contributed by atoms with E-state index in [0.717, 1.165) is 5.56 Å². The molecule has 2 heterocycles. The molecular formula is C36H36FNO8. The Labute approximate surface area is 265 Å². The number of hydrogen-bond acceptors (Lipinski definition) is 8. The molecule has 0 aromatic heterocycles. The van der Waals surface area contributed by atoms with E-state index in [4.69, 9.17) is 4.74 Å². The number of nitrogens with zero attached hydrogens (tertiary/aromatic N) is 1. The second-order valence-electron chi connectivity index (χ2n) is 11.8. The molecule has 2 aliphatic heterocycles. The number of amides is 1. The van der Waals surface area contributed by atoms with Gasteiger partial charge in [0.15, 0.2) is 0 Å². The van der Waals surface area contributed by atoms with E-state index in [9.17, 15) is 39.8 Å². The molecule has 8 atom stereocenters. The van der Waals surface area contributed by atoms with Gasteiger partial charge in [-0.1, -0.05) is 78.9 Å². The molecule has 10 heteroatoms. The molecule has 2 fully saturated rings. The summed E-state index contributed by atoms with van der Waals surface area (Å²) in [5, 5.41) is 63.3. The number of aliphatic hydroxyl groups excluding tert-OH is 5. The minimum absolute atomic E-state index is 0.119. The van der Waals surface area contributed by atoms with Crippen LogP contribution in [0.5, 0.6) is 5.75 Å². The summed E-state index contributed by atoms with van der Waals surface area (Å²) in [6.45, 7) is -0.578. The predicted octanol–water partition coefficient (Wildman–Crippen LogP) is 3.93. The van der Waals surface area contributed by atoms with Crippen molar-refractivity contribution in [3.05, 3.63) is 120 Å². The molecule has 0 saturated carbocycles. The molecule has 6 rings (SSSR count). The fourth-order valence-corrected chi connectivity index (χ4v) is 6.62. The Balaban J connectivity index is 1.32. The maximum absolute atomic E-state index is 14.9. The van der Waals surface area contributed by atoms with Gasteiger partial charge in [-0.2, -0.15) is 0 Å². The molecule has 2 saturated heterocycles. The van der Waals surface area contributed by atoms with Gasteiger partial charge in [0.05, 0.1) is 30.4 Å². The molecule has 1 amide bonds. The van der Waals surface area contributed by atoms with Gasteiger partial charge < -0.3 is 40.3 Å². The van der Waals surface area contributed by atoms with Crippen LogP contribution >= 0.6 is 0 Å². The van der Waals surface area contributed by atoms with Crippen LogP contribution in [0.3, 0.4) is 0 Å². The van der Waals surface area contributed by atoms with Crippen LogP contribution < -0.4 is 4.90 Å². The van der Waals surface area contributed by atoms with Crippen LogP contribution in [0.1, 0.15) is 47.8 Å². The Morgan fingerprint density at radius 3 is 2.24 bits per heavy atom. The summed E-state index contributed by atoms with van der Waals surface area (Å²) < 4.78 is 20.7. The topological polar surface area (TPSA) is 151 Å². The molecular weight excluding hydrogens is 593 g/mol. The fraction of sp³-hybridized carbons (Fsp3) is 0.306. The molecule has 4 aromatic rings. The van der Waals surface area contributed by atoms with Crippen molar-refractivity contribution in [2.75, 3.05) is 11.5 Å². The highest BCUT2D eigenvalue weighted by molar-refractivity contribution is 6.03. The Morgan fingerprint density at radius 1 is 0.826 bits per heavy atom. The normalized spacial score (nSPS) is 26.9. The maximum atomic E-state index is 14.9. The highest BCUT2D eigenvalue weighted by Crippen LogP contribution is 2.49. The van der Waals surface area contributed by atoms with Gasteiger partial charge in [-0.3, -0.25) is 4.79 Å². The predicted molar refractivity (Wildman–Crippen MR) is 167 cm³/mol. The number of ether oxygens (including phenoxy) is 1. The van der Waals surface area contributed by atoms with Crippen molar-refractivity contribution in [1.29, 1.82) is 0 Å². The lowest BCUT2D eigenvalue weighted by atomic mass is 9.77. The van der Waals surface area contributed by atoms with Gasteiger partial charge in [-0.15, -0.1) is 0 Å². The van der Waals surface area contributed by atoms with Gasteiger partial charge >= 0.3 is 0 Å². The lowest BCUT2D eigenvalue weighted by molar-refractivity contribution is -0.231. The summed E-state index contributed by atoms with van der Waals surface area (Å²) >= 11 is 0. The number of benzene rings is 4. The Hall–Kier alpha value is -4.16. The third-order valence-electron chi connectivity index (χ3n) is 9.07. The Kier molecular flexibility index (Phi) is 9.19. The Bertz CT molecular complexity index is 1680. The van der Waals surface area contributed by atoms with Gasteiger partial charge in [0.25, 0.3) is 0 Å². The van der Waals surface area contributed by atoms with Crippen molar-refractivity contribution in [1.82, 2.24) is 0 Å². The van der Waals surface area contributed by atoms with Crippen molar-refractivity contribution in [2.45, 2.75) is 55.5 Å². The zero-order valence-electron chi connectivity index (χ0n) is 24.8. The molecule has 240 valence electrons. The smallest absolute Gasteiger partial charge is 0.233 e. The molecule has 2 aliphatic rings. The van der Waals surface area contributed by atoms with Gasteiger partial charge in [0.1, 0.15) is 42.1 Å². The standard InChI is InChI=1S/C36H36FNO8/c37-26-12-6-7-13-27(26)38-31(25(36(38)45)16-17-28(40)20-8-2-1-3-9-20)21-14-15-23(29(41)18-21)22-10-4-5-11-24(22)35-34(44)33(43)32(42)30(19-39)46-35/h1-15,18,25,28,30-35,39-44H,16-17,19H2/t25-,28+,30-,31-,32-,33+,34-,35+/m1/s1. The largest absolute Gasteiger partial charge is 0.507 e. The van der Waals surface area contributed by atoms with E-state index in [2.05, 4.69) is 0 Å². The molecule has 0 bridgehead atoms. The highest BCUT2D eigenvalue weighted by Gasteiger charge is 2.49. The molecule has 0 spiro atoms. The van der Waals surface area contributed by atoms with Crippen molar-refractivity contribution in [3.63, 3.8) is 0 Å². The molecule has 9 nitrogen and oxygen atoms in total. The van der Waals surface area contributed by atoms with Gasteiger partial charge in [0.2, 0.25) is 5.91 Å². The molecule has 0 radical (unpaired) electrons. The van der Waals surface area contributed by atoms with Gasteiger partial charge in [-0.25, -0.2) is 4.39 Å². The lowest BCUT2D eigenvalue weighted by Gasteiger charge is -2.48. The third-order valence-corrected chi connectivity index (χ3v) is 9.07. The maximum Gasteiger partial charge on any atom is 0.233 e. The first-order valence-electron chi connectivity index (χ1n) is 15.2. The molecule has 0 aliphatic carbocycles. The molecule has 0 unspecified atom stereocenters. The third kappa shape index (κ3) is 5.79. The number of hydrogen-bond donors (Lipinski definition) is 6. The van der Waals surface area contributed by atoms with Crippen LogP contribution in [-0.4, -0.2) is 67.6 Å². The van der Waals surface area contributed by atoms with Crippen LogP contribution in [-0.2, 0) is 9.53 Å². The van der Waals surface area contributed by atoms with Crippen LogP contribution in [0, 0.1) is 11.7 Å². The number of aromatic hydroxyl groups is 1. The first-order valence-corrected chi connectivity index (χ1v) is 15.2. The first kappa shape index (κ1) is 31.8. The van der Waals surface area contributed by atoms with E-state index in [1.54, 1.807) is 48.5 Å². The van der Waals surface area contributed by atoms with E-state index >= 15 is 0 Å². The van der Waals surface area contributed by atoms with Crippen LogP contribution in [0.4, 0.5) is 10.1 Å². The van der Waals surface area contributed by atoms with E-state index in [1.165, 1.54) is 23.1 Å². The molecule has 46 heavy (non-hydrogen) atoms.